The average molecular weight is 264 g/mol. The highest BCUT2D eigenvalue weighted by Gasteiger charge is 2.19. The molecule has 1 heterocycles. The molecule has 0 saturated heterocycles. The molecule has 19 heavy (non-hydrogen) atoms. The summed E-state index contributed by atoms with van der Waals surface area (Å²) in [6.07, 6.45) is 0.966. The van der Waals surface area contributed by atoms with Gasteiger partial charge in [-0.25, -0.2) is 9.78 Å². The van der Waals surface area contributed by atoms with Crippen LogP contribution in [0.2, 0.25) is 0 Å². The van der Waals surface area contributed by atoms with Crippen molar-refractivity contribution in [2.45, 2.75) is 0 Å². The number of rotatable bonds is 4. The van der Waals surface area contributed by atoms with E-state index in [0.717, 1.165) is 6.26 Å². The van der Waals surface area contributed by atoms with Gasteiger partial charge in [0.2, 0.25) is 5.89 Å². The summed E-state index contributed by atoms with van der Waals surface area (Å²) in [5.74, 6) is -1.15. The summed E-state index contributed by atoms with van der Waals surface area (Å²) in [6, 6.07) is 4.08. The zero-order valence-electron chi connectivity index (χ0n) is 9.69. The quantitative estimate of drug-likeness (QED) is 0.662. The van der Waals surface area contributed by atoms with E-state index in [4.69, 9.17) is 14.3 Å². The van der Waals surface area contributed by atoms with Gasteiger partial charge in [0.05, 0.1) is 12.0 Å². The number of ether oxygens (including phenoxy) is 1. The van der Waals surface area contributed by atoms with Crippen molar-refractivity contribution in [2.24, 2.45) is 0 Å². The van der Waals surface area contributed by atoms with Gasteiger partial charge in [0.25, 0.3) is 0 Å². The smallest absolute Gasteiger partial charge is 0.357 e. The number of carboxylic acids is 1. The van der Waals surface area contributed by atoms with Crippen LogP contribution in [-0.4, -0.2) is 28.1 Å². The molecule has 1 aromatic carbocycles. The van der Waals surface area contributed by atoms with Crippen LogP contribution in [0.1, 0.15) is 10.5 Å². The second-order valence-corrected chi connectivity index (χ2v) is 3.49. The minimum absolute atomic E-state index is 0.0110. The maximum absolute atomic E-state index is 10.9. The molecule has 8 heteroatoms. The number of aromatic carboxylic acids is 1. The first kappa shape index (κ1) is 12.6. The molecule has 1 N–H and O–H groups in total. The number of oxazole rings is 1. The van der Waals surface area contributed by atoms with E-state index in [2.05, 4.69) is 4.98 Å². The largest absolute Gasteiger partial charge is 0.490 e. The predicted molar refractivity (Wildman–Crippen MR) is 62.1 cm³/mol. The lowest BCUT2D eigenvalue weighted by Gasteiger charge is -2.02. The van der Waals surface area contributed by atoms with Gasteiger partial charge in [-0.3, -0.25) is 10.1 Å². The lowest BCUT2D eigenvalue weighted by atomic mass is 10.2. The Hall–Kier alpha value is -2.90. The Labute approximate surface area is 106 Å². The zero-order chi connectivity index (χ0) is 14.0. The molecule has 0 radical (unpaired) electrons. The van der Waals surface area contributed by atoms with Gasteiger partial charge in [-0.15, -0.1) is 0 Å². The predicted octanol–water partition coefficient (Wildman–Crippen LogP) is 1.96. The van der Waals surface area contributed by atoms with Crippen LogP contribution in [0.5, 0.6) is 5.75 Å². The first-order valence-electron chi connectivity index (χ1n) is 5.04. The monoisotopic (exact) mass is 264 g/mol. The van der Waals surface area contributed by atoms with Crippen LogP contribution >= 0.6 is 0 Å². The Morgan fingerprint density at radius 3 is 2.79 bits per heavy atom. The van der Waals surface area contributed by atoms with Crippen molar-refractivity contribution in [1.29, 1.82) is 0 Å². The number of benzene rings is 1. The number of aromatic nitrogens is 1. The number of hydrogen-bond donors (Lipinski definition) is 1. The fourth-order valence-corrected chi connectivity index (χ4v) is 1.47. The number of methoxy groups -OCH3 is 1. The molecule has 8 nitrogen and oxygen atoms in total. The third-order valence-corrected chi connectivity index (χ3v) is 2.35. The van der Waals surface area contributed by atoms with Gasteiger partial charge >= 0.3 is 11.7 Å². The Balaban J connectivity index is 2.47. The second-order valence-electron chi connectivity index (χ2n) is 3.49. The van der Waals surface area contributed by atoms with E-state index in [1.807, 2.05) is 0 Å². The van der Waals surface area contributed by atoms with Gasteiger partial charge in [-0.05, 0) is 12.1 Å². The van der Waals surface area contributed by atoms with Crippen molar-refractivity contribution in [3.05, 3.63) is 40.3 Å². The molecule has 0 spiro atoms. The molecule has 1 aromatic heterocycles. The van der Waals surface area contributed by atoms with Crippen LogP contribution in [-0.2, 0) is 0 Å². The number of hydrogen-bond acceptors (Lipinski definition) is 6. The average Bonchev–Trinajstić information content (AvgIpc) is 2.87. The van der Waals surface area contributed by atoms with Crippen molar-refractivity contribution >= 4 is 11.7 Å². The van der Waals surface area contributed by atoms with E-state index in [-0.39, 0.29) is 23.0 Å². The summed E-state index contributed by atoms with van der Waals surface area (Å²) in [4.78, 5) is 24.6. The van der Waals surface area contributed by atoms with Gasteiger partial charge in [0.1, 0.15) is 6.26 Å². The van der Waals surface area contributed by atoms with E-state index >= 15 is 0 Å². The van der Waals surface area contributed by atoms with Crippen LogP contribution < -0.4 is 4.74 Å². The highest BCUT2D eigenvalue weighted by Crippen LogP contribution is 2.31. The van der Waals surface area contributed by atoms with Gasteiger partial charge in [0.15, 0.2) is 11.4 Å². The number of nitrogens with zero attached hydrogens (tertiary/aromatic N) is 2. The Morgan fingerprint density at radius 2 is 2.26 bits per heavy atom. The summed E-state index contributed by atoms with van der Waals surface area (Å²) in [6.45, 7) is 0. The lowest BCUT2D eigenvalue weighted by Crippen LogP contribution is -1.96. The lowest BCUT2D eigenvalue weighted by molar-refractivity contribution is -0.385. The van der Waals surface area contributed by atoms with Crippen molar-refractivity contribution in [3.8, 4) is 17.2 Å². The fourth-order valence-electron chi connectivity index (χ4n) is 1.47. The molecular weight excluding hydrogens is 256 g/mol. The van der Waals surface area contributed by atoms with Crippen LogP contribution in [0.4, 0.5) is 5.69 Å². The summed E-state index contributed by atoms with van der Waals surface area (Å²) in [7, 11) is 1.32. The third kappa shape index (κ3) is 2.37. The minimum Gasteiger partial charge on any atom is -0.490 e. The SMILES string of the molecule is COc1ccc(-c2nc(C(=O)O)co2)cc1[N+](=O)[O-]. The van der Waals surface area contributed by atoms with Gasteiger partial charge in [0, 0.05) is 11.6 Å². The Morgan fingerprint density at radius 1 is 1.53 bits per heavy atom. The van der Waals surface area contributed by atoms with Crippen LogP contribution in [0.25, 0.3) is 11.5 Å². The maximum atomic E-state index is 10.9. The van der Waals surface area contributed by atoms with Gasteiger partial charge in [-0.1, -0.05) is 0 Å². The molecular formula is C11H8N2O6. The molecule has 0 aliphatic carbocycles. The summed E-state index contributed by atoms with van der Waals surface area (Å²) >= 11 is 0. The zero-order valence-corrected chi connectivity index (χ0v) is 9.69. The molecule has 98 valence electrons. The first-order valence-corrected chi connectivity index (χ1v) is 5.04. The van der Waals surface area contributed by atoms with Crippen molar-refractivity contribution in [1.82, 2.24) is 4.98 Å². The van der Waals surface area contributed by atoms with E-state index in [1.165, 1.54) is 25.3 Å². The van der Waals surface area contributed by atoms with E-state index in [9.17, 15) is 14.9 Å². The molecule has 2 aromatic rings. The first-order chi connectivity index (χ1) is 9.02. The summed E-state index contributed by atoms with van der Waals surface area (Å²) in [5, 5.41) is 19.6. The number of nitro benzene ring substituents is 1. The standard InChI is InChI=1S/C11H8N2O6/c1-18-9-3-2-6(4-8(9)13(16)17)10-12-7(5-19-10)11(14)15/h2-5H,1H3,(H,14,15). The van der Waals surface area contributed by atoms with Crippen molar-refractivity contribution < 1.29 is 24.0 Å². The van der Waals surface area contributed by atoms with Gasteiger partial charge in [-0.2, -0.15) is 0 Å². The number of nitro groups is 1. The third-order valence-electron chi connectivity index (χ3n) is 2.35. The highest BCUT2D eigenvalue weighted by molar-refractivity contribution is 5.85. The molecule has 0 fully saturated rings. The van der Waals surface area contributed by atoms with Crippen LogP contribution in [0.15, 0.2) is 28.9 Å². The van der Waals surface area contributed by atoms with E-state index in [1.54, 1.807) is 0 Å². The molecule has 0 amide bonds. The topological polar surface area (TPSA) is 116 Å². The van der Waals surface area contributed by atoms with Gasteiger partial charge < -0.3 is 14.3 Å². The second kappa shape index (κ2) is 4.77. The van der Waals surface area contributed by atoms with E-state index < -0.39 is 10.9 Å². The van der Waals surface area contributed by atoms with Crippen molar-refractivity contribution in [2.75, 3.05) is 7.11 Å². The molecule has 0 aliphatic heterocycles. The number of carboxylic acid groups (broad SMARTS) is 1. The molecule has 0 unspecified atom stereocenters. The normalized spacial score (nSPS) is 10.2. The maximum Gasteiger partial charge on any atom is 0.357 e. The Kier molecular flexibility index (Phi) is 3.15. The molecule has 0 aliphatic rings. The fraction of sp³-hybridized carbons (Fsp3) is 0.0909. The Bertz CT molecular complexity index is 648. The van der Waals surface area contributed by atoms with E-state index in [0.29, 0.717) is 5.56 Å². The summed E-state index contributed by atoms with van der Waals surface area (Å²) < 4.78 is 9.82. The molecule has 2 rings (SSSR count). The highest BCUT2D eigenvalue weighted by atomic mass is 16.6. The van der Waals surface area contributed by atoms with Crippen LogP contribution in [0, 0.1) is 10.1 Å². The van der Waals surface area contributed by atoms with Crippen LogP contribution in [0.3, 0.4) is 0 Å². The van der Waals surface area contributed by atoms with Crippen molar-refractivity contribution in [3.63, 3.8) is 0 Å². The summed E-state index contributed by atoms with van der Waals surface area (Å²) in [5.41, 5.74) is -0.233. The molecule has 0 bridgehead atoms. The molecule has 0 saturated carbocycles. The number of carbonyl (C=O) groups is 1. The molecule has 0 atom stereocenters. The minimum atomic E-state index is -1.24.